The zero-order valence-electron chi connectivity index (χ0n) is 14.2. The number of thiophene rings is 1. The number of amides is 3. The van der Waals surface area contributed by atoms with Gasteiger partial charge in [0.2, 0.25) is 11.8 Å². The molecule has 7 heteroatoms. The molecule has 2 fully saturated rings. The molecule has 3 rings (SSSR count). The Morgan fingerprint density at radius 2 is 1.88 bits per heavy atom. The molecule has 0 saturated carbocycles. The number of hydrogen-bond acceptors (Lipinski definition) is 4. The fourth-order valence-corrected chi connectivity index (χ4v) is 4.15. The minimum atomic E-state index is -0.377. The topological polar surface area (TPSA) is 60.9 Å². The molecule has 0 N–H and O–H groups in total. The van der Waals surface area contributed by atoms with Crippen LogP contribution < -0.4 is 0 Å². The highest BCUT2D eigenvalue weighted by Crippen LogP contribution is 2.41. The summed E-state index contributed by atoms with van der Waals surface area (Å²) in [5.74, 6) is 0.0852. The number of carbonyl (C=O) groups is 3. The molecule has 6 nitrogen and oxygen atoms in total. The third-order valence-corrected chi connectivity index (χ3v) is 5.89. The van der Waals surface area contributed by atoms with Gasteiger partial charge in [-0.05, 0) is 30.7 Å². The van der Waals surface area contributed by atoms with E-state index in [4.69, 9.17) is 0 Å². The van der Waals surface area contributed by atoms with Crippen molar-refractivity contribution in [2.45, 2.75) is 19.3 Å². The minimum Gasteiger partial charge on any atom is -0.347 e. The predicted molar refractivity (Wildman–Crippen MR) is 91.8 cm³/mol. The molecule has 1 spiro atoms. The van der Waals surface area contributed by atoms with Gasteiger partial charge in [0.05, 0.1) is 17.5 Å². The molecule has 0 bridgehead atoms. The van der Waals surface area contributed by atoms with E-state index in [1.54, 1.807) is 19.0 Å². The zero-order valence-corrected chi connectivity index (χ0v) is 15.0. The Morgan fingerprint density at radius 3 is 2.46 bits per heavy atom. The first-order valence-electron chi connectivity index (χ1n) is 8.24. The molecule has 0 atom stereocenters. The Hall–Kier alpha value is -1.89. The zero-order chi connectivity index (χ0) is 17.3. The van der Waals surface area contributed by atoms with Gasteiger partial charge in [-0.15, -0.1) is 0 Å². The molecule has 0 radical (unpaired) electrons. The summed E-state index contributed by atoms with van der Waals surface area (Å²) in [7, 11) is 3.40. The largest absolute Gasteiger partial charge is 0.347 e. The van der Waals surface area contributed by atoms with Gasteiger partial charge in [0.1, 0.15) is 0 Å². The summed E-state index contributed by atoms with van der Waals surface area (Å²) < 4.78 is 0. The van der Waals surface area contributed by atoms with E-state index in [2.05, 4.69) is 0 Å². The van der Waals surface area contributed by atoms with E-state index in [1.807, 2.05) is 21.7 Å². The SMILES string of the molecule is CN(C)C(=O)CN1CCC2(CCN(C(=O)c3ccsc3)CC2)C1=O. The third kappa shape index (κ3) is 3.05. The highest BCUT2D eigenvalue weighted by Gasteiger charge is 2.48. The Labute approximate surface area is 146 Å². The van der Waals surface area contributed by atoms with Gasteiger partial charge in [0, 0.05) is 39.1 Å². The molecule has 2 aliphatic rings. The maximum Gasteiger partial charge on any atom is 0.254 e. The second-order valence-corrected chi connectivity index (χ2v) is 7.63. The summed E-state index contributed by atoms with van der Waals surface area (Å²) >= 11 is 1.52. The van der Waals surface area contributed by atoms with Crippen LogP contribution in [0, 0.1) is 5.41 Å². The number of hydrogen-bond donors (Lipinski definition) is 0. The van der Waals surface area contributed by atoms with E-state index in [-0.39, 0.29) is 29.7 Å². The third-order valence-electron chi connectivity index (χ3n) is 5.20. The molecule has 0 unspecified atom stereocenters. The van der Waals surface area contributed by atoms with E-state index in [9.17, 15) is 14.4 Å². The average molecular weight is 349 g/mol. The van der Waals surface area contributed by atoms with Crippen LogP contribution in [0.1, 0.15) is 29.6 Å². The van der Waals surface area contributed by atoms with E-state index < -0.39 is 0 Å². The second kappa shape index (κ2) is 6.55. The molecule has 130 valence electrons. The van der Waals surface area contributed by atoms with Gasteiger partial charge in [-0.25, -0.2) is 0 Å². The molecule has 3 amide bonds. The smallest absolute Gasteiger partial charge is 0.254 e. The molecule has 0 aromatic carbocycles. The van der Waals surface area contributed by atoms with Crippen LogP contribution in [-0.4, -0.2) is 72.7 Å². The van der Waals surface area contributed by atoms with E-state index >= 15 is 0 Å². The predicted octanol–water partition coefficient (Wildman–Crippen LogP) is 1.29. The van der Waals surface area contributed by atoms with Crippen molar-refractivity contribution in [1.29, 1.82) is 0 Å². The monoisotopic (exact) mass is 349 g/mol. The molecular weight excluding hydrogens is 326 g/mol. The van der Waals surface area contributed by atoms with Crippen LogP contribution in [0.25, 0.3) is 0 Å². The summed E-state index contributed by atoms with van der Waals surface area (Å²) in [4.78, 5) is 42.1. The van der Waals surface area contributed by atoms with E-state index in [1.165, 1.54) is 16.2 Å². The standard InChI is InChI=1S/C17H23N3O3S/c1-18(2)14(21)11-20-9-6-17(16(20)23)4-7-19(8-5-17)15(22)13-3-10-24-12-13/h3,10,12H,4-9,11H2,1-2H3. The van der Waals surface area contributed by atoms with Gasteiger partial charge >= 0.3 is 0 Å². The molecular formula is C17H23N3O3S. The molecule has 3 heterocycles. The lowest BCUT2D eigenvalue weighted by molar-refractivity contribution is -0.142. The fraction of sp³-hybridized carbons (Fsp3) is 0.588. The van der Waals surface area contributed by atoms with Crippen molar-refractivity contribution in [3.63, 3.8) is 0 Å². The van der Waals surface area contributed by atoms with Crippen molar-refractivity contribution in [3.8, 4) is 0 Å². The maximum absolute atomic E-state index is 12.8. The Bertz CT molecular complexity index is 634. The summed E-state index contributed by atoms with van der Waals surface area (Å²) in [6.45, 7) is 2.01. The molecule has 1 aromatic rings. The number of likely N-dealkylation sites (tertiary alicyclic amines) is 2. The van der Waals surface area contributed by atoms with Crippen LogP contribution in [0.2, 0.25) is 0 Å². The lowest BCUT2D eigenvalue weighted by Gasteiger charge is -2.37. The van der Waals surface area contributed by atoms with Crippen molar-refractivity contribution in [2.75, 3.05) is 40.3 Å². The maximum atomic E-state index is 12.8. The van der Waals surface area contributed by atoms with Crippen LogP contribution in [0.15, 0.2) is 16.8 Å². The molecule has 0 aliphatic carbocycles. The Balaban J connectivity index is 1.60. The first-order chi connectivity index (χ1) is 11.4. The summed E-state index contributed by atoms with van der Waals surface area (Å²) in [6, 6.07) is 1.84. The van der Waals surface area contributed by atoms with E-state index in [0.717, 1.165) is 12.0 Å². The number of rotatable bonds is 3. The average Bonchev–Trinajstić information content (AvgIpc) is 3.20. The van der Waals surface area contributed by atoms with Gasteiger partial charge in [-0.3, -0.25) is 14.4 Å². The second-order valence-electron chi connectivity index (χ2n) is 6.85. The molecule has 2 aliphatic heterocycles. The van der Waals surface area contributed by atoms with Crippen LogP contribution in [0.5, 0.6) is 0 Å². The normalized spacial score (nSPS) is 19.8. The number of nitrogens with zero attached hydrogens (tertiary/aromatic N) is 3. The van der Waals surface area contributed by atoms with Crippen LogP contribution in [0.3, 0.4) is 0 Å². The van der Waals surface area contributed by atoms with Crippen molar-refractivity contribution >= 4 is 29.1 Å². The van der Waals surface area contributed by atoms with E-state index in [0.29, 0.717) is 32.5 Å². The van der Waals surface area contributed by atoms with Gasteiger partial charge in [0.15, 0.2) is 0 Å². The lowest BCUT2D eigenvalue weighted by Crippen LogP contribution is -2.47. The Kier molecular flexibility index (Phi) is 4.62. The number of piperidine rings is 1. The first-order valence-corrected chi connectivity index (χ1v) is 9.18. The lowest BCUT2D eigenvalue weighted by atomic mass is 9.77. The summed E-state index contributed by atoms with van der Waals surface area (Å²) in [6.07, 6.45) is 2.16. The van der Waals surface area contributed by atoms with Crippen molar-refractivity contribution < 1.29 is 14.4 Å². The fourth-order valence-electron chi connectivity index (χ4n) is 3.52. The van der Waals surface area contributed by atoms with Crippen molar-refractivity contribution in [1.82, 2.24) is 14.7 Å². The highest BCUT2D eigenvalue weighted by atomic mass is 32.1. The molecule has 2 saturated heterocycles. The Morgan fingerprint density at radius 1 is 1.21 bits per heavy atom. The van der Waals surface area contributed by atoms with Crippen molar-refractivity contribution in [2.24, 2.45) is 5.41 Å². The quantitative estimate of drug-likeness (QED) is 0.826. The van der Waals surface area contributed by atoms with Gasteiger partial charge in [-0.2, -0.15) is 11.3 Å². The van der Waals surface area contributed by atoms with Crippen LogP contribution >= 0.6 is 11.3 Å². The highest BCUT2D eigenvalue weighted by molar-refractivity contribution is 7.08. The number of likely N-dealkylation sites (N-methyl/N-ethyl adjacent to an activating group) is 1. The number of carbonyl (C=O) groups excluding carboxylic acids is 3. The van der Waals surface area contributed by atoms with Crippen molar-refractivity contribution in [3.05, 3.63) is 22.4 Å². The first kappa shape index (κ1) is 17.0. The van der Waals surface area contributed by atoms with Gasteiger partial charge < -0.3 is 14.7 Å². The molecule has 1 aromatic heterocycles. The summed E-state index contributed by atoms with van der Waals surface area (Å²) in [5.41, 5.74) is 0.352. The van der Waals surface area contributed by atoms with Gasteiger partial charge in [-0.1, -0.05) is 0 Å². The minimum absolute atomic E-state index is 0.0505. The molecule has 24 heavy (non-hydrogen) atoms. The van der Waals surface area contributed by atoms with Crippen LogP contribution in [0.4, 0.5) is 0 Å². The summed E-state index contributed by atoms with van der Waals surface area (Å²) in [5, 5.41) is 3.76. The van der Waals surface area contributed by atoms with Gasteiger partial charge in [0.25, 0.3) is 5.91 Å². The van der Waals surface area contributed by atoms with Crippen LogP contribution in [-0.2, 0) is 9.59 Å².